The Morgan fingerprint density at radius 1 is 1.11 bits per heavy atom. The lowest BCUT2D eigenvalue weighted by Gasteiger charge is -2.21. The van der Waals surface area contributed by atoms with Crippen LogP contribution in [0.5, 0.6) is 0 Å². The molecule has 3 rings (SSSR count). The molecule has 7 heteroatoms. The molecular formula is C21H26N2O5. The van der Waals surface area contributed by atoms with Crippen LogP contribution in [0, 0.1) is 25.7 Å². The van der Waals surface area contributed by atoms with Crippen LogP contribution >= 0.6 is 0 Å². The Morgan fingerprint density at radius 3 is 2.18 bits per heavy atom. The maximum atomic E-state index is 12.6. The fourth-order valence-corrected chi connectivity index (χ4v) is 4.12. The number of amides is 3. The van der Waals surface area contributed by atoms with E-state index in [1.807, 2.05) is 32.0 Å². The van der Waals surface area contributed by atoms with E-state index in [0.29, 0.717) is 18.5 Å². The molecule has 1 saturated heterocycles. The zero-order chi connectivity index (χ0) is 20.4. The van der Waals surface area contributed by atoms with E-state index in [0.717, 1.165) is 28.9 Å². The van der Waals surface area contributed by atoms with Crippen molar-refractivity contribution in [1.29, 1.82) is 0 Å². The average molecular weight is 386 g/mol. The van der Waals surface area contributed by atoms with Crippen molar-refractivity contribution in [3.8, 4) is 0 Å². The molecule has 1 N–H and O–H groups in total. The average Bonchev–Trinajstić information content (AvgIpc) is 2.93. The lowest BCUT2D eigenvalue weighted by Crippen LogP contribution is -2.45. The normalized spacial score (nSPS) is 22.6. The smallest absolute Gasteiger partial charge is 0.329 e. The van der Waals surface area contributed by atoms with Gasteiger partial charge in [0.2, 0.25) is 11.8 Å². The Hall–Kier alpha value is -2.70. The highest BCUT2D eigenvalue weighted by Gasteiger charge is 2.51. The third-order valence-electron chi connectivity index (χ3n) is 5.69. The Morgan fingerprint density at radius 2 is 1.64 bits per heavy atom. The topological polar surface area (TPSA) is 92.8 Å². The molecular weight excluding hydrogens is 360 g/mol. The lowest BCUT2D eigenvalue weighted by molar-refractivity contribution is -0.159. The number of para-hydroxylation sites is 1. The van der Waals surface area contributed by atoms with Gasteiger partial charge in [0.05, 0.1) is 11.8 Å². The molecule has 150 valence electrons. The molecule has 1 aliphatic carbocycles. The Labute approximate surface area is 164 Å². The standard InChI is InChI=1S/C21H26N2O5/c1-12-7-6-8-13(2)18(12)22-17(24)11-28-21(27)14(3)23-19(25)15-9-4-5-10-16(15)20(23)26/h6-8,14-16H,4-5,9-11H2,1-3H3,(H,22,24). The molecule has 0 radical (unpaired) electrons. The summed E-state index contributed by atoms with van der Waals surface area (Å²) < 4.78 is 5.08. The van der Waals surface area contributed by atoms with E-state index in [2.05, 4.69) is 5.32 Å². The predicted octanol–water partition coefficient (Wildman–Crippen LogP) is 2.35. The highest BCUT2D eigenvalue weighted by molar-refractivity contribution is 6.08. The fraction of sp³-hybridized carbons (Fsp3) is 0.524. The molecule has 2 aliphatic rings. The molecule has 0 aromatic heterocycles. The van der Waals surface area contributed by atoms with Crippen molar-refractivity contribution in [1.82, 2.24) is 4.90 Å². The van der Waals surface area contributed by atoms with E-state index in [1.54, 1.807) is 0 Å². The van der Waals surface area contributed by atoms with E-state index < -0.39 is 24.5 Å². The summed E-state index contributed by atoms with van der Waals surface area (Å²) in [4.78, 5) is 50.7. The summed E-state index contributed by atoms with van der Waals surface area (Å²) >= 11 is 0. The molecule has 7 nitrogen and oxygen atoms in total. The first-order valence-electron chi connectivity index (χ1n) is 9.71. The fourth-order valence-electron chi connectivity index (χ4n) is 4.12. The van der Waals surface area contributed by atoms with Gasteiger partial charge in [-0.15, -0.1) is 0 Å². The SMILES string of the molecule is Cc1cccc(C)c1NC(=O)COC(=O)C(C)N1C(=O)C2CCCCC2C1=O. The maximum absolute atomic E-state index is 12.6. The number of carbonyl (C=O) groups is 4. The number of imide groups is 1. The molecule has 3 unspecified atom stereocenters. The van der Waals surface area contributed by atoms with Gasteiger partial charge in [-0.2, -0.15) is 0 Å². The van der Waals surface area contributed by atoms with Crippen molar-refractivity contribution in [2.75, 3.05) is 11.9 Å². The molecule has 28 heavy (non-hydrogen) atoms. The summed E-state index contributed by atoms with van der Waals surface area (Å²) in [6.45, 7) is 4.75. The van der Waals surface area contributed by atoms with Gasteiger partial charge >= 0.3 is 5.97 Å². The van der Waals surface area contributed by atoms with Crippen molar-refractivity contribution >= 4 is 29.4 Å². The van der Waals surface area contributed by atoms with Gasteiger partial charge in [-0.3, -0.25) is 19.3 Å². The zero-order valence-electron chi connectivity index (χ0n) is 16.5. The van der Waals surface area contributed by atoms with Gasteiger partial charge in [0.1, 0.15) is 6.04 Å². The highest BCUT2D eigenvalue weighted by atomic mass is 16.5. The van der Waals surface area contributed by atoms with Crippen LogP contribution in [0.3, 0.4) is 0 Å². The molecule has 3 amide bonds. The predicted molar refractivity (Wildman–Crippen MR) is 102 cm³/mol. The number of ether oxygens (including phenoxy) is 1. The van der Waals surface area contributed by atoms with Gasteiger partial charge < -0.3 is 10.1 Å². The van der Waals surface area contributed by atoms with Gasteiger partial charge in [-0.1, -0.05) is 31.0 Å². The second kappa shape index (κ2) is 8.12. The second-order valence-electron chi connectivity index (χ2n) is 7.64. The van der Waals surface area contributed by atoms with Crippen LogP contribution in [0.15, 0.2) is 18.2 Å². The van der Waals surface area contributed by atoms with Gasteiger partial charge in [-0.05, 0) is 44.7 Å². The van der Waals surface area contributed by atoms with Crippen molar-refractivity contribution in [2.24, 2.45) is 11.8 Å². The zero-order valence-corrected chi connectivity index (χ0v) is 16.5. The van der Waals surface area contributed by atoms with Crippen LogP contribution in [0.25, 0.3) is 0 Å². The molecule has 1 aliphatic heterocycles. The van der Waals surface area contributed by atoms with E-state index in [1.165, 1.54) is 6.92 Å². The number of carbonyl (C=O) groups excluding carboxylic acids is 4. The number of benzene rings is 1. The number of hydrogen-bond donors (Lipinski definition) is 1. The number of rotatable bonds is 5. The van der Waals surface area contributed by atoms with Gasteiger partial charge in [0.15, 0.2) is 6.61 Å². The summed E-state index contributed by atoms with van der Waals surface area (Å²) in [5, 5.41) is 2.74. The Kier molecular flexibility index (Phi) is 5.82. The van der Waals surface area contributed by atoms with E-state index >= 15 is 0 Å². The first-order chi connectivity index (χ1) is 13.3. The van der Waals surface area contributed by atoms with Crippen molar-refractivity contribution in [3.05, 3.63) is 29.3 Å². The largest absolute Gasteiger partial charge is 0.454 e. The summed E-state index contributed by atoms with van der Waals surface area (Å²) in [6, 6.07) is 4.61. The molecule has 1 aromatic carbocycles. The van der Waals surface area contributed by atoms with Crippen LogP contribution in [0.4, 0.5) is 5.69 Å². The Bertz CT molecular complexity index is 775. The third-order valence-corrected chi connectivity index (χ3v) is 5.69. The number of likely N-dealkylation sites (tertiary alicyclic amines) is 1. The van der Waals surface area contributed by atoms with Gasteiger partial charge in [0, 0.05) is 5.69 Å². The summed E-state index contributed by atoms with van der Waals surface area (Å²) in [6.07, 6.45) is 3.22. The molecule has 3 atom stereocenters. The number of anilines is 1. The lowest BCUT2D eigenvalue weighted by atomic mass is 9.81. The van der Waals surface area contributed by atoms with Crippen molar-refractivity contribution in [2.45, 2.75) is 52.5 Å². The first kappa shape index (κ1) is 20.0. The molecule has 1 aromatic rings. The number of fused-ring (bicyclic) bond motifs is 1. The third kappa shape index (κ3) is 3.79. The second-order valence-corrected chi connectivity index (χ2v) is 7.64. The van der Waals surface area contributed by atoms with E-state index in [4.69, 9.17) is 4.74 Å². The first-order valence-corrected chi connectivity index (χ1v) is 9.71. The minimum atomic E-state index is -1.03. The van der Waals surface area contributed by atoms with Crippen LogP contribution in [-0.2, 0) is 23.9 Å². The quantitative estimate of drug-likeness (QED) is 0.619. The van der Waals surface area contributed by atoms with Gasteiger partial charge in [0.25, 0.3) is 5.91 Å². The summed E-state index contributed by atoms with van der Waals surface area (Å²) in [7, 11) is 0. The van der Waals surface area contributed by atoms with Crippen LogP contribution in [0.1, 0.15) is 43.7 Å². The van der Waals surface area contributed by atoms with E-state index in [-0.39, 0.29) is 23.7 Å². The summed E-state index contributed by atoms with van der Waals surface area (Å²) in [5.41, 5.74) is 2.50. The van der Waals surface area contributed by atoms with Crippen LogP contribution in [-0.4, -0.2) is 41.2 Å². The summed E-state index contributed by atoms with van der Waals surface area (Å²) in [5.74, 6) is -2.44. The minimum Gasteiger partial charge on any atom is -0.454 e. The molecule has 2 fully saturated rings. The minimum absolute atomic E-state index is 0.292. The number of nitrogens with one attached hydrogen (secondary N) is 1. The number of esters is 1. The monoisotopic (exact) mass is 386 g/mol. The Balaban J connectivity index is 1.58. The van der Waals surface area contributed by atoms with Crippen LogP contribution in [0.2, 0.25) is 0 Å². The molecule has 1 saturated carbocycles. The number of aryl methyl sites for hydroxylation is 2. The highest BCUT2D eigenvalue weighted by Crippen LogP contribution is 2.38. The van der Waals surface area contributed by atoms with Gasteiger partial charge in [-0.25, -0.2) is 4.79 Å². The van der Waals surface area contributed by atoms with Crippen LogP contribution < -0.4 is 5.32 Å². The molecule has 1 heterocycles. The molecule has 0 spiro atoms. The maximum Gasteiger partial charge on any atom is 0.329 e. The molecule has 0 bridgehead atoms. The van der Waals surface area contributed by atoms with E-state index in [9.17, 15) is 19.2 Å². The number of hydrogen-bond acceptors (Lipinski definition) is 5. The van der Waals surface area contributed by atoms with Crippen molar-refractivity contribution < 1.29 is 23.9 Å². The van der Waals surface area contributed by atoms with Crippen molar-refractivity contribution in [3.63, 3.8) is 0 Å². The number of nitrogens with zero attached hydrogens (tertiary/aromatic N) is 1.